The van der Waals surface area contributed by atoms with E-state index in [2.05, 4.69) is 20.7 Å². The van der Waals surface area contributed by atoms with Crippen molar-refractivity contribution in [3.63, 3.8) is 0 Å². The van der Waals surface area contributed by atoms with Crippen molar-refractivity contribution >= 4 is 31.8 Å². The van der Waals surface area contributed by atoms with Gasteiger partial charge < -0.3 is 5.73 Å². The van der Waals surface area contributed by atoms with Gasteiger partial charge in [0.25, 0.3) is 0 Å². The zero-order valence-electron chi connectivity index (χ0n) is 11.2. The van der Waals surface area contributed by atoms with Crippen molar-refractivity contribution in [3.05, 3.63) is 28.2 Å². The quantitative estimate of drug-likeness (QED) is 0.781. The molecule has 0 amide bonds. The van der Waals surface area contributed by atoms with Crippen LogP contribution < -0.4 is 10.5 Å². The molecule has 0 spiro atoms. The normalized spacial score (nSPS) is 17.9. The van der Waals surface area contributed by atoms with Crippen molar-refractivity contribution < 1.29 is 17.2 Å². The Bertz CT molecular complexity index is 619. The fraction of sp³-hybridized carbons (Fsp3) is 0.500. The summed E-state index contributed by atoms with van der Waals surface area (Å²) in [6, 6.07) is 1.69. The van der Waals surface area contributed by atoms with Gasteiger partial charge in [-0.25, -0.2) is 8.78 Å². The Balaban J connectivity index is 2.13. The molecule has 0 saturated carbocycles. The lowest BCUT2D eigenvalue weighted by atomic mass is 9.99. The van der Waals surface area contributed by atoms with Crippen molar-refractivity contribution in [2.75, 3.05) is 24.4 Å². The highest BCUT2D eigenvalue weighted by Gasteiger charge is 2.28. The van der Waals surface area contributed by atoms with Crippen molar-refractivity contribution in [3.8, 4) is 0 Å². The standard InChI is InChI=1S/C12H16BrF2N3O2S/c13-9-5-11(15)12(6-10(9)14)17-21(19,20)18-3-1-8(7-16)2-4-18/h5-6,8,17H,1-4,7,16H2. The van der Waals surface area contributed by atoms with E-state index in [4.69, 9.17) is 5.73 Å². The minimum absolute atomic E-state index is 0.0632. The number of benzene rings is 1. The maximum absolute atomic E-state index is 13.7. The zero-order chi connectivity index (χ0) is 15.6. The van der Waals surface area contributed by atoms with Crippen LogP contribution in [0.15, 0.2) is 16.6 Å². The third-order valence-electron chi connectivity index (χ3n) is 3.50. The van der Waals surface area contributed by atoms with E-state index < -0.39 is 27.5 Å². The molecule has 1 saturated heterocycles. The average molecular weight is 384 g/mol. The number of hydrogen-bond donors (Lipinski definition) is 2. The molecule has 0 aliphatic carbocycles. The maximum atomic E-state index is 13.7. The van der Waals surface area contributed by atoms with Crippen molar-refractivity contribution in [1.29, 1.82) is 0 Å². The summed E-state index contributed by atoms with van der Waals surface area (Å²) in [6.45, 7) is 1.16. The molecule has 1 aliphatic rings. The summed E-state index contributed by atoms with van der Waals surface area (Å²) in [5.74, 6) is -1.28. The smallest absolute Gasteiger partial charge is 0.301 e. The van der Waals surface area contributed by atoms with Gasteiger partial charge in [0.2, 0.25) is 0 Å². The van der Waals surface area contributed by atoms with Gasteiger partial charge >= 0.3 is 10.2 Å². The third-order valence-corrected chi connectivity index (χ3v) is 5.63. The number of hydrogen-bond acceptors (Lipinski definition) is 3. The van der Waals surface area contributed by atoms with E-state index in [1.165, 1.54) is 4.31 Å². The molecule has 0 atom stereocenters. The molecule has 0 aromatic heterocycles. The molecule has 1 fully saturated rings. The number of piperidine rings is 1. The summed E-state index contributed by atoms with van der Waals surface area (Å²) in [4.78, 5) is 0. The number of nitrogens with one attached hydrogen (secondary N) is 1. The van der Waals surface area contributed by atoms with E-state index >= 15 is 0 Å². The van der Waals surface area contributed by atoms with Gasteiger partial charge in [-0.15, -0.1) is 0 Å². The molecule has 3 N–H and O–H groups in total. The first kappa shape index (κ1) is 16.6. The summed E-state index contributed by atoms with van der Waals surface area (Å²) < 4.78 is 54.7. The Morgan fingerprint density at radius 2 is 1.90 bits per heavy atom. The van der Waals surface area contributed by atoms with Crippen LogP contribution in [0.2, 0.25) is 0 Å². The molecule has 1 heterocycles. The van der Waals surface area contributed by atoms with Crippen molar-refractivity contribution in [1.82, 2.24) is 4.31 Å². The Morgan fingerprint density at radius 3 is 2.48 bits per heavy atom. The second-order valence-corrected chi connectivity index (χ2v) is 7.46. The van der Waals surface area contributed by atoms with E-state index in [1.54, 1.807) is 0 Å². The fourth-order valence-corrected chi connectivity index (χ4v) is 3.76. The number of halogens is 3. The minimum atomic E-state index is -3.90. The van der Waals surface area contributed by atoms with Crippen LogP contribution in [0.1, 0.15) is 12.8 Å². The average Bonchev–Trinajstić information content (AvgIpc) is 2.44. The Morgan fingerprint density at radius 1 is 1.29 bits per heavy atom. The van der Waals surface area contributed by atoms with Crippen LogP contribution in [0.25, 0.3) is 0 Å². The third kappa shape index (κ3) is 3.91. The summed E-state index contributed by atoms with van der Waals surface area (Å²) in [6.07, 6.45) is 1.32. The van der Waals surface area contributed by atoms with Crippen LogP contribution in [0.3, 0.4) is 0 Å². The van der Waals surface area contributed by atoms with Gasteiger partial charge in [0.05, 0.1) is 10.2 Å². The molecule has 0 bridgehead atoms. The second-order valence-electron chi connectivity index (χ2n) is 4.93. The van der Waals surface area contributed by atoms with E-state index in [9.17, 15) is 17.2 Å². The monoisotopic (exact) mass is 383 g/mol. The summed E-state index contributed by atoms with van der Waals surface area (Å²) in [5, 5.41) is 0. The van der Waals surface area contributed by atoms with Crippen LogP contribution in [0, 0.1) is 17.6 Å². The molecular weight excluding hydrogens is 368 g/mol. The highest BCUT2D eigenvalue weighted by molar-refractivity contribution is 9.10. The maximum Gasteiger partial charge on any atom is 0.301 e. The first-order chi connectivity index (χ1) is 9.83. The second kappa shape index (κ2) is 6.55. The zero-order valence-corrected chi connectivity index (χ0v) is 13.6. The molecule has 5 nitrogen and oxygen atoms in total. The lowest BCUT2D eigenvalue weighted by Gasteiger charge is -2.30. The summed E-state index contributed by atoms with van der Waals surface area (Å²) in [5.41, 5.74) is 5.15. The van der Waals surface area contributed by atoms with Crippen molar-refractivity contribution in [2.45, 2.75) is 12.8 Å². The van der Waals surface area contributed by atoms with Gasteiger partial charge in [-0.3, -0.25) is 4.72 Å². The molecule has 1 aromatic rings. The van der Waals surface area contributed by atoms with Gasteiger partial charge in [-0.05, 0) is 47.3 Å². The Kier molecular flexibility index (Phi) is 5.18. The van der Waals surface area contributed by atoms with Crippen molar-refractivity contribution in [2.24, 2.45) is 11.7 Å². The topological polar surface area (TPSA) is 75.4 Å². The lowest BCUT2D eigenvalue weighted by molar-refractivity contribution is 0.280. The molecular formula is C12H16BrF2N3O2S. The molecule has 1 aliphatic heterocycles. The van der Waals surface area contributed by atoms with Gasteiger partial charge in [-0.1, -0.05) is 0 Å². The first-order valence-corrected chi connectivity index (χ1v) is 8.69. The molecule has 2 rings (SSSR count). The summed E-state index contributed by atoms with van der Waals surface area (Å²) in [7, 11) is -3.90. The highest BCUT2D eigenvalue weighted by Crippen LogP contribution is 2.26. The van der Waals surface area contributed by atoms with Crippen LogP contribution in [-0.4, -0.2) is 32.4 Å². The number of nitrogens with zero attached hydrogens (tertiary/aromatic N) is 1. The van der Waals surface area contributed by atoms with E-state index in [1.807, 2.05) is 0 Å². The van der Waals surface area contributed by atoms with Gasteiger partial charge in [0.15, 0.2) is 0 Å². The van der Waals surface area contributed by atoms with Crippen LogP contribution in [0.4, 0.5) is 14.5 Å². The van der Waals surface area contributed by atoms with Crippen LogP contribution >= 0.6 is 15.9 Å². The van der Waals surface area contributed by atoms with E-state index in [0.717, 1.165) is 12.1 Å². The van der Waals surface area contributed by atoms with Gasteiger partial charge in [-0.2, -0.15) is 12.7 Å². The molecule has 9 heteroatoms. The largest absolute Gasteiger partial charge is 0.330 e. The van der Waals surface area contributed by atoms with Crippen LogP contribution in [0.5, 0.6) is 0 Å². The molecule has 0 unspecified atom stereocenters. The Labute approximate surface area is 130 Å². The highest BCUT2D eigenvalue weighted by atomic mass is 79.9. The number of anilines is 1. The van der Waals surface area contributed by atoms with Gasteiger partial charge in [0.1, 0.15) is 11.6 Å². The predicted octanol–water partition coefficient (Wildman–Crippen LogP) is 2.05. The Hall–Kier alpha value is -0.770. The molecule has 21 heavy (non-hydrogen) atoms. The first-order valence-electron chi connectivity index (χ1n) is 6.46. The predicted molar refractivity (Wildman–Crippen MR) is 80.0 cm³/mol. The minimum Gasteiger partial charge on any atom is -0.330 e. The summed E-state index contributed by atoms with van der Waals surface area (Å²) >= 11 is 2.84. The molecule has 118 valence electrons. The van der Waals surface area contributed by atoms with Gasteiger partial charge in [0, 0.05) is 19.2 Å². The molecule has 0 radical (unpaired) electrons. The van der Waals surface area contributed by atoms with E-state index in [-0.39, 0.29) is 4.47 Å². The van der Waals surface area contributed by atoms with E-state index in [0.29, 0.717) is 38.4 Å². The fourth-order valence-electron chi connectivity index (χ4n) is 2.19. The number of nitrogens with two attached hydrogens (primary N) is 1. The SMILES string of the molecule is NCC1CCN(S(=O)(=O)Nc2cc(F)c(Br)cc2F)CC1. The number of rotatable bonds is 4. The molecule has 1 aromatic carbocycles. The van der Waals surface area contributed by atoms with Crippen LogP contribution in [-0.2, 0) is 10.2 Å². The lowest BCUT2D eigenvalue weighted by Crippen LogP contribution is -2.42.